The second-order valence-electron chi connectivity index (χ2n) is 8.27. The molecule has 0 saturated carbocycles. The molecule has 1 aliphatic carbocycles. The Morgan fingerprint density at radius 1 is 1.45 bits per heavy atom. The van der Waals surface area contributed by atoms with Crippen molar-refractivity contribution in [3.63, 3.8) is 0 Å². The van der Waals surface area contributed by atoms with Crippen molar-refractivity contribution in [1.82, 2.24) is 0 Å². The molecule has 128 valence electrons. The molecular formula is C19H36O2Sn. The molecule has 2 unspecified atom stereocenters. The summed E-state index contributed by atoms with van der Waals surface area (Å²) in [5.41, 5.74) is -0.700. The summed E-state index contributed by atoms with van der Waals surface area (Å²) in [5, 5.41) is 11.0. The Hall–Kier alpha value is 0.0387. The Labute approximate surface area is 141 Å². The molecule has 0 saturated heterocycles. The minimum atomic E-state index is -1.92. The van der Waals surface area contributed by atoms with Crippen LogP contribution in [0.15, 0.2) is 21.5 Å². The van der Waals surface area contributed by atoms with Crippen molar-refractivity contribution in [2.24, 2.45) is 11.8 Å². The van der Waals surface area contributed by atoms with Crippen molar-refractivity contribution < 1.29 is 9.84 Å². The fourth-order valence-electron chi connectivity index (χ4n) is 2.76. The van der Waals surface area contributed by atoms with Gasteiger partial charge < -0.3 is 0 Å². The maximum atomic E-state index is 11.0. The van der Waals surface area contributed by atoms with Gasteiger partial charge in [-0.05, 0) is 0 Å². The third kappa shape index (κ3) is 5.92. The third-order valence-electron chi connectivity index (χ3n) is 4.92. The Kier molecular flexibility index (Phi) is 7.51. The quantitative estimate of drug-likeness (QED) is 0.572. The van der Waals surface area contributed by atoms with Crippen molar-refractivity contribution >= 4 is 18.4 Å². The van der Waals surface area contributed by atoms with E-state index < -0.39 is 24.0 Å². The molecule has 0 aromatic heterocycles. The summed E-state index contributed by atoms with van der Waals surface area (Å²) >= 11 is -1.92. The predicted octanol–water partition coefficient (Wildman–Crippen LogP) is 5.31. The van der Waals surface area contributed by atoms with Crippen LogP contribution in [0.5, 0.6) is 0 Å². The van der Waals surface area contributed by atoms with Crippen LogP contribution in [0.4, 0.5) is 0 Å². The SMILES string of the molecule is CCC1(O)C=C(OCC(C)C)CCC1C/C=[C](/C)[Sn]([CH3])([CH3])[CH3]. The summed E-state index contributed by atoms with van der Waals surface area (Å²) in [6.07, 6.45) is 8.17. The standard InChI is InChI=1S/C16H27O2.3CH3.Sn/c1-5-7-8-14-9-10-15(18-12-13(3)4)11-16(14,17)6-2;;;;/h7,11,13-14,17H,6,8-10,12H2,1-4H3;3*1H3;. The Balaban J connectivity index is 2.78. The Bertz CT molecular complexity index is 418. The van der Waals surface area contributed by atoms with E-state index in [9.17, 15) is 5.11 Å². The molecule has 0 aromatic rings. The first kappa shape index (κ1) is 20.1. The van der Waals surface area contributed by atoms with Crippen LogP contribution in [-0.2, 0) is 4.74 Å². The van der Waals surface area contributed by atoms with Crippen LogP contribution < -0.4 is 0 Å². The second kappa shape index (κ2) is 8.23. The molecule has 1 aliphatic rings. The van der Waals surface area contributed by atoms with Crippen LogP contribution in [0.25, 0.3) is 0 Å². The normalized spacial score (nSPS) is 27.0. The van der Waals surface area contributed by atoms with Gasteiger partial charge in [0.05, 0.1) is 0 Å². The zero-order valence-corrected chi connectivity index (χ0v) is 18.6. The van der Waals surface area contributed by atoms with Gasteiger partial charge in [-0.3, -0.25) is 0 Å². The van der Waals surface area contributed by atoms with Crippen LogP contribution in [0, 0.1) is 11.8 Å². The van der Waals surface area contributed by atoms with E-state index in [0.717, 1.165) is 38.0 Å². The number of aliphatic hydroxyl groups is 1. The topological polar surface area (TPSA) is 29.5 Å². The van der Waals surface area contributed by atoms with E-state index in [-0.39, 0.29) is 0 Å². The van der Waals surface area contributed by atoms with Crippen LogP contribution >= 0.6 is 0 Å². The molecule has 0 spiro atoms. The monoisotopic (exact) mass is 416 g/mol. The summed E-state index contributed by atoms with van der Waals surface area (Å²) in [5.74, 6) is 1.84. The first-order valence-corrected chi connectivity index (χ1v) is 18.8. The van der Waals surface area contributed by atoms with E-state index in [1.54, 1.807) is 3.59 Å². The molecule has 1 N–H and O–H groups in total. The van der Waals surface area contributed by atoms with Gasteiger partial charge in [-0.2, -0.15) is 0 Å². The van der Waals surface area contributed by atoms with Crippen molar-refractivity contribution in [2.45, 2.75) is 73.8 Å². The molecule has 0 radical (unpaired) electrons. The zero-order chi connectivity index (χ0) is 17.0. The van der Waals surface area contributed by atoms with E-state index in [4.69, 9.17) is 4.74 Å². The van der Waals surface area contributed by atoms with Gasteiger partial charge in [-0.15, -0.1) is 0 Å². The number of rotatable bonds is 7. The van der Waals surface area contributed by atoms with Gasteiger partial charge in [0.15, 0.2) is 0 Å². The van der Waals surface area contributed by atoms with Gasteiger partial charge in [-0.1, -0.05) is 0 Å². The summed E-state index contributed by atoms with van der Waals surface area (Å²) < 4.78 is 7.48. The summed E-state index contributed by atoms with van der Waals surface area (Å²) in [7, 11) is 0. The van der Waals surface area contributed by atoms with E-state index >= 15 is 0 Å². The first-order chi connectivity index (χ1) is 10.1. The average molecular weight is 415 g/mol. The van der Waals surface area contributed by atoms with Crippen molar-refractivity contribution in [1.29, 1.82) is 0 Å². The summed E-state index contributed by atoms with van der Waals surface area (Å²) in [6, 6.07) is 0. The van der Waals surface area contributed by atoms with Crippen LogP contribution in [0.1, 0.15) is 53.4 Å². The minimum absolute atomic E-state index is 0.326. The molecule has 0 fully saturated rings. The van der Waals surface area contributed by atoms with Gasteiger partial charge in [0.2, 0.25) is 0 Å². The predicted molar refractivity (Wildman–Crippen MR) is 98.6 cm³/mol. The van der Waals surface area contributed by atoms with Crippen molar-refractivity contribution in [3.8, 4) is 0 Å². The first-order valence-electron chi connectivity index (χ1n) is 8.82. The van der Waals surface area contributed by atoms with Crippen LogP contribution in [-0.4, -0.2) is 35.7 Å². The van der Waals surface area contributed by atoms with E-state index in [1.165, 1.54) is 0 Å². The fourth-order valence-corrected chi connectivity index (χ4v) is 4.84. The summed E-state index contributed by atoms with van der Waals surface area (Å²) in [4.78, 5) is 7.35. The molecular weight excluding hydrogens is 379 g/mol. The molecule has 2 atom stereocenters. The summed E-state index contributed by atoms with van der Waals surface area (Å²) in [6.45, 7) is 9.42. The molecule has 3 heteroatoms. The molecule has 0 heterocycles. The number of allylic oxidation sites excluding steroid dienone is 3. The molecule has 0 amide bonds. The van der Waals surface area contributed by atoms with Crippen LogP contribution in [0.3, 0.4) is 0 Å². The number of ether oxygens (including phenoxy) is 1. The Morgan fingerprint density at radius 2 is 2.09 bits per heavy atom. The maximum absolute atomic E-state index is 11.0. The van der Waals surface area contributed by atoms with E-state index in [2.05, 4.69) is 48.6 Å². The molecule has 22 heavy (non-hydrogen) atoms. The van der Waals surface area contributed by atoms with E-state index in [0.29, 0.717) is 11.8 Å². The van der Waals surface area contributed by atoms with Gasteiger partial charge in [-0.25, -0.2) is 0 Å². The van der Waals surface area contributed by atoms with Gasteiger partial charge in [0.1, 0.15) is 0 Å². The van der Waals surface area contributed by atoms with Gasteiger partial charge in [0.25, 0.3) is 0 Å². The van der Waals surface area contributed by atoms with Crippen molar-refractivity contribution in [3.05, 3.63) is 21.5 Å². The molecule has 1 rings (SSSR count). The molecule has 0 aromatic carbocycles. The average Bonchev–Trinajstić information content (AvgIpc) is 2.42. The second-order valence-corrected chi connectivity index (χ2v) is 23.4. The number of hydrogen-bond acceptors (Lipinski definition) is 2. The van der Waals surface area contributed by atoms with Crippen molar-refractivity contribution in [2.75, 3.05) is 6.61 Å². The fraction of sp³-hybridized carbons (Fsp3) is 0.789. The van der Waals surface area contributed by atoms with Crippen LogP contribution in [0.2, 0.25) is 14.8 Å². The molecule has 0 bridgehead atoms. The molecule has 0 aliphatic heterocycles. The van der Waals surface area contributed by atoms with E-state index in [1.807, 2.05) is 6.08 Å². The van der Waals surface area contributed by atoms with Gasteiger partial charge in [0, 0.05) is 0 Å². The Morgan fingerprint density at radius 3 is 2.59 bits per heavy atom. The zero-order valence-electron chi connectivity index (χ0n) is 15.7. The third-order valence-corrected chi connectivity index (χ3v) is 12.3. The van der Waals surface area contributed by atoms with Gasteiger partial charge >= 0.3 is 142 Å². The molecule has 2 nitrogen and oxygen atoms in total. The number of hydrogen-bond donors (Lipinski definition) is 1.